The number of carbonyl (C=O) groups is 1. The molecule has 4 aromatic rings. The molecular formula is C22H20N4OS. The molecule has 28 heavy (non-hydrogen) atoms. The third-order valence-electron chi connectivity index (χ3n) is 4.51. The molecule has 5 nitrogen and oxygen atoms in total. The van der Waals surface area contributed by atoms with Gasteiger partial charge in [0.2, 0.25) is 0 Å². The maximum absolute atomic E-state index is 12.9. The maximum Gasteiger partial charge on any atom is 0.261 e. The molecule has 2 heterocycles. The molecule has 1 N–H and O–H groups in total. The van der Waals surface area contributed by atoms with Crippen molar-refractivity contribution in [2.24, 2.45) is 0 Å². The van der Waals surface area contributed by atoms with E-state index < -0.39 is 0 Å². The lowest BCUT2D eigenvalue weighted by molar-refractivity contribution is 0.102. The molecule has 1 amide bonds. The van der Waals surface area contributed by atoms with E-state index in [0.29, 0.717) is 16.4 Å². The highest BCUT2D eigenvalue weighted by Crippen LogP contribution is 2.24. The lowest BCUT2D eigenvalue weighted by atomic mass is 10.1. The van der Waals surface area contributed by atoms with Crippen molar-refractivity contribution >= 4 is 22.4 Å². The number of rotatable bonds is 5. The van der Waals surface area contributed by atoms with Gasteiger partial charge in [0.25, 0.3) is 5.91 Å². The Balaban J connectivity index is 1.52. The number of hydrogen-bond acceptors (Lipinski definition) is 4. The zero-order valence-electron chi connectivity index (χ0n) is 15.7. The van der Waals surface area contributed by atoms with Gasteiger partial charge in [-0.15, -0.1) is 11.3 Å². The fourth-order valence-corrected chi connectivity index (χ4v) is 4.04. The summed E-state index contributed by atoms with van der Waals surface area (Å²) in [5, 5.41) is 8.07. The van der Waals surface area contributed by atoms with Crippen molar-refractivity contribution in [3.8, 4) is 5.69 Å². The minimum Gasteiger partial charge on any atom is -0.298 e. The topological polar surface area (TPSA) is 59.8 Å². The summed E-state index contributed by atoms with van der Waals surface area (Å²) in [7, 11) is 0. The molecule has 0 spiro atoms. The SMILES string of the molecule is Cc1nn(-c2ccccc2)c(C)c1C(=O)Nc1ncc(Cc2ccccc2)s1. The van der Waals surface area contributed by atoms with Crippen LogP contribution in [0.4, 0.5) is 5.13 Å². The van der Waals surface area contributed by atoms with Crippen molar-refractivity contribution in [1.29, 1.82) is 0 Å². The molecule has 0 aliphatic heterocycles. The summed E-state index contributed by atoms with van der Waals surface area (Å²) in [5.74, 6) is -0.183. The normalized spacial score (nSPS) is 10.8. The molecule has 2 aromatic heterocycles. The van der Waals surface area contributed by atoms with Gasteiger partial charge in [-0.05, 0) is 31.5 Å². The second-order valence-electron chi connectivity index (χ2n) is 6.54. The van der Waals surface area contributed by atoms with Gasteiger partial charge in [0.15, 0.2) is 5.13 Å². The van der Waals surface area contributed by atoms with E-state index in [1.54, 1.807) is 4.68 Å². The number of amides is 1. The van der Waals surface area contributed by atoms with E-state index in [4.69, 9.17) is 0 Å². The number of carbonyl (C=O) groups excluding carboxylic acids is 1. The predicted octanol–water partition coefficient (Wildman–Crippen LogP) is 4.79. The first kappa shape index (κ1) is 18.1. The standard InChI is InChI=1S/C22H20N4OS/c1-15-20(16(2)26(25-15)18-11-7-4-8-12-18)21(27)24-22-23-14-19(28-22)13-17-9-5-3-6-10-17/h3-12,14H,13H2,1-2H3,(H,23,24,27). The van der Waals surface area contributed by atoms with Crippen LogP contribution in [0.15, 0.2) is 66.9 Å². The molecule has 0 unspecified atom stereocenters. The molecule has 4 rings (SSSR count). The van der Waals surface area contributed by atoms with Crippen molar-refractivity contribution in [2.75, 3.05) is 5.32 Å². The molecule has 0 bridgehead atoms. The largest absolute Gasteiger partial charge is 0.298 e. The summed E-state index contributed by atoms with van der Waals surface area (Å²) in [4.78, 5) is 18.3. The van der Waals surface area contributed by atoms with Crippen molar-refractivity contribution < 1.29 is 4.79 Å². The summed E-state index contributed by atoms with van der Waals surface area (Å²) >= 11 is 1.50. The zero-order chi connectivity index (χ0) is 19.5. The van der Waals surface area contributed by atoms with Gasteiger partial charge >= 0.3 is 0 Å². The Labute approximate surface area is 167 Å². The van der Waals surface area contributed by atoms with Crippen LogP contribution in [0.25, 0.3) is 5.69 Å². The van der Waals surface area contributed by atoms with Crippen LogP contribution in [0.2, 0.25) is 0 Å². The van der Waals surface area contributed by atoms with Crippen LogP contribution < -0.4 is 5.32 Å². The second kappa shape index (κ2) is 7.78. The highest BCUT2D eigenvalue weighted by atomic mass is 32.1. The number of nitrogens with one attached hydrogen (secondary N) is 1. The number of aryl methyl sites for hydroxylation is 1. The van der Waals surface area contributed by atoms with Gasteiger partial charge in [0, 0.05) is 17.5 Å². The highest BCUT2D eigenvalue weighted by Gasteiger charge is 2.20. The monoisotopic (exact) mass is 388 g/mol. The molecule has 6 heteroatoms. The number of hydrogen-bond donors (Lipinski definition) is 1. The second-order valence-corrected chi connectivity index (χ2v) is 7.66. The fraction of sp³-hybridized carbons (Fsp3) is 0.136. The van der Waals surface area contributed by atoms with Crippen LogP contribution >= 0.6 is 11.3 Å². The van der Waals surface area contributed by atoms with Gasteiger partial charge in [-0.1, -0.05) is 48.5 Å². The van der Waals surface area contributed by atoms with E-state index in [9.17, 15) is 4.79 Å². The molecule has 0 fully saturated rings. The summed E-state index contributed by atoms with van der Waals surface area (Å²) in [6.07, 6.45) is 2.62. The average molecular weight is 388 g/mol. The van der Waals surface area contributed by atoms with E-state index in [1.165, 1.54) is 16.9 Å². The van der Waals surface area contributed by atoms with Crippen LogP contribution in [-0.2, 0) is 6.42 Å². The lowest BCUT2D eigenvalue weighted by Crippen LogP contribution is -2.14. The molecule has 0 saturated heterocycles. The number of nitrogens with zero attached hydrogens (tertiary/aromatic N) is 3. The third-order valence-corrected chi connectivity index (χ3v) is 5.43. The van der Waals surface area contributed by atoms with E-state index in [2.05, 4.69) is 27.5 Å². The summed E-state index contributed by atoms with van der Waals surface area (Å²) in [6, 6.07) is 20.0. The third kappa shape index (κ3) is 3.73. The fourth-order valence-electron chi connectivity index (χ4n) is 3.20. The first-order valence-corrected chi connectivity index (χ1v) is 9.85. The Morgan fingerprint density at radius 1 is 1.04 bits per heavy atom. The molecule has 0 aliphatic rings. The van der Waals surface area contributed by atoms with Gasteiger partial charge in [-0.2, -0.15) is 5.10 Å². The van der Waals surface area contributed by atoms with E-state index in [0.717, 1.165) is 22.7 Å². The maximum atomic E-state index is 12.9. The Kier molecular flexibility index (Phi) is 5.04. The van der Waals surface area contributed by atoms with Gasteiger partial charge < -0.3 is 0 Å². The van der Waals surface area contributed by atoms with Crippen LogP contribution in [0.5, 0.6) is 0 Å². The van der Waals surface area contributed by atoms with Crippen LogP contribution in [0.1, 0.15) is 32.2 Å². The smallest absolute Gasteiger partial charge is 0.261 e. The van der Waals surface area contributed by atoms with Crippen molar-refractivity contribution in [1.82, 2.24) is 14.8 Å². The Morgan fingerprint density at radius 2 is 1.71 bits per heavy atom. The molecule has 0 radical (unpaired) electrons. The summed E-state index contributed by atoms with van der Waals surface area (Å²) < 4.78 is 1.80. The van der Waals surface area contributed by atoms with Gasteiger partial charge in [-0.3, -0.25) is 10.1 Å². The molecule has 0 atom stereocenters. The zero-order valence-corrected chi connectivity index (χ0v) is 16.5. The number of benzene rings is 2. The lowest BCUT2D eigenvalue weighted by Gasteiger charge is -2.05. The van der Waals surface area contributed by atoms with Gasteiger partial charge in [-0.25, -0.2) is 9.67 Å². The van der Waals surface area contributed by atoms with Crippen molar-refractivity contribution in [2.45, 2.75) is 20.3 Å². The number of thiazole rings is 1. The summed E-state index contributed by atoms with van der Waals surface area (Å²) in [6.45, 7) is 3.76. The molecule has 140 valence electrons. The molecule has 2 aromatic carbocycles. The molecule has 0 aliphatic carbocycles. The van der Waals surface area contributed by atoms with Crippen molar-refractivity contribution in [3.05, 3.63) is 94.3 Å². The molecule has 0 saturated carbocycles. The van der Waals surface area contributed by atoms with Crippen LogP contribution in [-0.4, -0.2) is 20.7 Å². The van der Waals surface area contributed by atoms with Gasteiger partial charge in [0.1, 0.15) is 0 Å². The Bertz CT molecular complexity index is 1100. The minimum absolute atomic E-state index is 0.183. The highest BCUT2D eigenvalue weighted by molar-refractivity contribution is 7.15. The number of anilines is 1. The van der Waals surface area contributed by atoms with Crippen LogP contribution in [0, 0.1) is 13.8 Å². The molecular weight excluding hydrogens is 368 g/mol. The van der Waals surface area contributed by atoms with E-state index >= 15 is 0 Å². The predicted molar refractivity (Wildman–Crippen MR) is 112 cm³/mol. The summed E-state index contributed by atoms with van der Waals surface area (Å²) in [5.41, 5.74) is 4.24. The van der Waals surface area contributed by atoms with Gasteiger partial charge in [0.05, 0.1) is 22.6 Å². The Morgan fingerprint density at radius 3 is 2.43 bits per heavy atom. The van der Waals surface area contributed by atoms with Crippen molar-refractivity contribution in [3.63, 3.8) is 0 Å². The Hall–Kier alpha value is -3.25. The quantitative estimate of drug-likeness (QED) is 0.535. The number of para-hydroxylation sites is 1. The first-order valence-electron chi connectivity index (χ1n) is 9.03. The van der Waals surface area contributed by atoms with E-state index in [-0.39, 0.29) is 5.91 Å². The average Bonchev–Trinajstić information content (AvgIpc) is 3.26. The first-order chi connectivity index (χ1) is 13.6. The van der Waals surface area contributed by atoms with Crippen LogP contribution in [0.3, 0.4) is 0 Å². The van der Waals surface area contributed by atoms with E-state index in [1.807, 2.05) is 68.6 Å². The number of aromatic nitrogens is 3. The minimum atomic E-state index is -0.183.